The Morgan fingerprint density at radius 1 is 1.18 bits per heavy atom. The van der Waals surface area contributed by atoms with Gasteiger partial charge >= 0.3 is 0 Å². The predicted octanol–water partition coefficient (Wildman–Crippen LogP) is 4.66. The number of aromatic nitrogens is 2. The van der Waals surface area contributed by atoms with Crippen LogP contribution in [0, 0.1) is 13.8 Å². The molecular formula is C22H30ClF3N4O3. The highest BCUT2D eigenvalue weighted by molar-refractivity contribution is 6.32. The summed E-state index contributed by atoms with van der Waals surface area (Å²) in [6.07, 6.45) is 0.767. The topological polar surface area (TPSA) is 67.7 Å². The van der Waals surface area contributed by atoms with Crippen LogP contribution in [-0.2, 0) is 18.0 Å². The maximum Gasteiger partial charge on any atom is 0.244 e. The summed E-state index contributed by atoms with van der Waals surface area (Å²) >= 11 is 6.11. The number of anilines is 1. The number of carbonyl (C=O) groups is 2. The van der Waals surface area contributed by atoms with Crippen molar-refractivity contribution in [1.29, 1.82) is 0 Å². The lowest BCUT2D eigenvalue weighted by atomic mass is 10.1. The molecule has 0 bridgehead atoms. The highest BCUT2D eigenvalue weighted by Gasteiger charge is 2.24. The molecule has 2 heterocycles. The van der Waals surface area contributed by atoms with Gasteiger partial charge in [0.25, 0.3) is 0 Å². The third-order valence-corrected chi connectivity index (χ3v) is 5.71. The van der Waals surface area contributed by atoms with Crippen LogP contribution in [-0.4, -0.2) is 60.2 Å². The Morgan fingerprint density at radius 2 is 1.79 bits per heavy atom. The zero-order chi connectivity index (χ0) is 25.1. The van der Waals surface area contributed by atoms with Gasteiger partial charge in [-0.05, 0) is 25.5 Å². The fraction of sp³-hybridized carbons (Fsp3) is 0.500. The molecule has 0 radical (unpaired) electrons. The first-order valence-electron chi connectivity index (χ1n) is 10.5. The Balaban J connectivity index is 0.00000129. The minimum absolute atomic E-state index is 0.0649. The molecule has 1 aliphatic rings. The highest BCUT2D eigenvalue weighted by atomic mass is 35.5. The summed E-state index contributed by atoms with van der Waals surface area (Å²) in [7, 11) is 1.52. The van der Waals surface area contributed by atoms with Crippen LogP contribution in [0.5, 0.6) is 5.75 Å². The van der Waals surface area contributed by atoms with Crippen molar-refractivity contribution < 1.29 is 27.9 Å². The molecule has 0 saturated carbocycles. The summed E-state index contributed by atoms with van der Waals surface area (Å²) < 4.78 is 35.8. The van der Waals surface area contributed by atoms with Gasteiger partial charge in [0.2, 0.25) is 5.91 Å². The third-order valence-electron chi connectivity index (χ3n) is 5.42. The first kappa shape index (κ1) is 28.3. The highest BCUT2D eigenvalue weighted by Crippen LogP contribution is 2.33. The lowest BCUT2D eigenvalue weighted by molar-refractivity contribution is -0.132. The van der Waals surface area contributed by atoms with E-state index in [0.717, 1.165) is 23.2 Å². The zero-order valence-corrected chi connectivity index (χ0v) is 20.3. The number of amides is 1. The number of piperazine rings is 1. The second-order valence-electron chi connectivity index (χ2n) is 6.98. The Hall–Kier alpha value is -2.75. The molecule has 0 spiro atoms. The van der Waals surface area contributed by atoms with Crippen molar-refractivity contribution in [2.75, 3.05) is 38.2 Å². The number of halogens is 4. The fourth-order valence-electron chi connectivity index (χ4n) is 3.49. The third kappa shape index (κ3) is 6.63. The lowest BCUT2D eigenvalue weighted by Gasteiger charge is -2.36. The standard InChI is InChI=1S/C20H24ClFN4O3.C2H6.F2/c1-13-14(2)26(23-17(13)10-22)11-20(28)25-6-4-24(5-7-25)18-9-19(29-3)16(21)8-15(18)12-27;2*1-2/h8-9,12H,4-7,10-11H2,1-3H3;1-2H3;. The summed E-state index contributed by atoms with van der Waals surface area (Å²) in [5, 5.41) is 4.57. The van der Waals surface area contributed by atoms with Gasteiger partial charge < -0.3 is 14.5 Å². The molecule has 0 unspecified atom stereocenters. The molecule has 0 atom stereocenters. The van der Waals surface area contributed by atoms with Crippen LogP contribution < -0.4 is 9.64 Å². The second-order valence-corrected chi connectivity index (χ2v) is 7.39. The van der Waals surface area contributed by atoms with Crippen molar-refractivity contribution in [1.82, 2.24) is 14.7 Å². The summed E-state index contributed by atoms with van der Waals surface area (Å²) in [4.78, 5) is 28.0. The largest absolute Gasteiger partial charge is 0.495 e. The molecule has 1 aromatic carbocycles. The molecule has 1 fully saturated rings. The monoisotopic (exact) mass is 490 g/mol. The van der Waals surface area contributed by atoms with E-state index in [2.05, 4.69) is 5.10 Å². The van der Waals surface area contributed by atoms with Crippen LogP contribution in [0.4, 0.5) is 19.2 Å². The van der Waals surface area contributed by atoms with E-state index in [1.54, 1.807) is 21.7 Å². The molecular weight excluding hydrogens is 461 g/mol. The number of methoxy groups -OCH3 is 1. The number of hydrogen-bond acceptors (Lipinski definition) is 5. The van der Waals surface area contributed by atoms with Gasteiger partial charge in [-0.15, -0.1) is 0 Å². The van der Waals surface area contributed by atoms with E-state index in [1.807, 2.05) is 32.6 Å². The van der Waals surface area contributed by atoms with Gasteiger partial charge in [-0.1, -0.05) is 25.4 Å². The van der Waals surface area contributed by atoms with Gasteiger partial charge in [0.05, 0.1) is 23.5 Å². The molecule has 7 nitrogen and oxygen atoms in total. The van der Waals surface area contributed by atoms with Crippen molar-refractivity contribution in [3.8, 4) is 5.75 Å². The lowest BCUT2D eigenvalue weighted by Crippen LogP contribution is -2.50. The SMILES string of the molecule is CC.COc1cc(N2CCN(C(=O)Cn3nc(CF)c(C)c3C)CC2)c(C=O)cc1Cl.FF. The first-order chi connectivity index (χ1) is 15.9. The van der Waals surface area contributed by atoms with Gasteiger partial charge in [-0.2, -0.15) is 5.10 Å². The number of alkyl halides is 1. The van der Waals surface area contributed by atoms with E-state index in [1.165, 1.54) is 7.11 Å². The molecule has 33 heavy (non-hydrogen) atoms. The number of nitrogens with zero attached hydrogens (tertiary/aromatic N) is 4. The number of benzene rings is 1. The van der Waals surface area contributed by atoms with Crippen LogP contribution in [0.15, 0.2) is 12.1 Å². The molecule has 1 saturated heterocycles. The molecule has 11 heteroatoms. The first-order valence-corrected chi connectivity index (χ1v) is 10.9. The minimum Gasteiger partial charge on any atom is -0.495 e. The van der Waals surface area contributed by atoms with Crippen LogP contribution in [0.2, 0.25) is 5.02 Å². The van der Waals surface area contributed by atoms with Crippen molar-refractivity contribution in [3.63, 3.8) is 0 Å². The Kier molecular flexibility index (Phi) is 11.8. The molecule has 1 aliphatic heterocycles. The zero-order valence-electron chi connectivity index (χ0n) is 19.5. The summed E-state index contributed by atoms with van der Waals surface area (Å²) in [6.45, 7) is 9.25. The van der Waals surface area contributed by atoms with E-state index < -0.39 is 6.67 Å². The maximum atomic E-state index is 13.0. The van der Waals surface area contributed by atoms with E-state index >= 15 is 0 Å². The van der Waals surface area contributed by atoms with Gasteiger partial charge in [0, 0.05) is 52.7 Å². The molecule has 1 aromatic heterocycles. The maximum absolute atomic E-state index is 13.0. The quantitative estimate of drug-likeness (QED) is 0.551. The average molecular weight is 491 g/mol. The molecule has 0 N–H and O–H groups in total. The van der Waals surface area contributed by atoms with Crippen LogP contribution >= 0.6 is 11.6 Å². The number of ether oxygens (including phenoxy) is 1. The van der Waals surface area contributed by atoms with E-state index in [-0.39, 0.29) is 12.5 Å². The Bertz CT molecular complexity index is 932. The number of carbonyl (C=O) groups excluding carboxylic acids is 2. The smallest absolute Gasteiger partial charge is 0.244 e. The number of hydrogen-bond donors (Lipinski definition) is 0. The molecule has 3 rings (SSSR count). The van der Waals surface area contributed by atoms with Gasteiger partial charge in [-0.3, -0.25) is 14.3 Å². The Labute approximate surface area is 196 Å². The van der Waals surface area contributed by atoms with E-state index in [4.69, 9.17) is 25.5 Å². The van der Waals surface area contributed by atoms with Crippen LogP contribution in [0.3, 0.4) is 0 Å². The van der Waals surface area contributed by atoms with Crippen molar-refractivity contribution in [2.45, 2.75) is 40.9 Å². The van der Waals surface area contributed by atoms with Crippen molar-refractivity contribution in [2.24, 2.45) is 0 Å². The molecule has 0 aliphatic carbocycles. The average Bonchev–Trinajstić information content (AvgIpc) is 3.14. The van der Waals surface area contributed by atoms with Crippen LogP contribution in [0.1, 0.15) is 41.2 Å². The predicted molar refractivity (Wildman–Crippen MR) is 122 cm³/mol. The summed E-state index contributed by atoms with van der Waals surface area (Å²) in [6, 6.07) is 3.34. The minimum atomic E-state index is -0.643. The fourth-order valence-corrected chi connectivity index (χ4v) is 3.74. The Morgan fingerprint density at radius 3 is 2.27 bits per heavy atom. The van der Waals surface area contributed by atoms with E-state index in [9.17, 15) is 14.0 Å². The second kappa shape index (κ2) is 13.7. The van der Waals surface area contributed by atoms with Gasteiger partial charge in [-0.25, -0.2) is 4.39 Å². The summed E-state index contributed by atoms with van der Waals surface area (Å²) in [5.74, 6) is 0.434. The van der Waals surface area contributed by atoms with Gasteiger partial charge in [0.15, 0.2) is 6.29 Å². The van der Waals surface area contributed by atoms with Crippen molar-refractivity contribution >= 4 is 29.5 Å². The summed E-state index contributed by atoms with van der Waals surface area (Å²) in [5.41, 5.74) is 3.17. The van der Waals surface area contributed by atoms with Crippen molar-refractivity contribution in [3.05, 3.63) is 39.7 Å². The normalized spacial score (nSPS) is 12.9. The molecule has 184 valence electrons. The molecule has 2 aromatic rings. The van der Waals surface area contributed by atoms with Crippen LogP contribution in [0.25, 0.3) is 0 Å². The number of rotatable bonds is 6. The van der Waals surface area contributed by atoms with Gasteiger partial charge in [0.1, 0.15) is 19.0 Å². The molecule has 1 amide bonds. The number of aldehydes is 1. The van der Waals surface area contributed by atoms with E-state index in [0.29, 0.717) is 48.2 Å².